The molecule has 0 radical (unpaired) electrons. The predicted molar refractivity (Wildman–Crippen MR) is 47.5 cm³/mol. The molecule has 1 heterocycles. The zero-order valence-corrected chi connectivity index (χ0v) is 8.70. The summed E-state index contributed by atoms with van der Waals surface area (Å²) in [6, 6.07) is 0. The van der Waals surface area contributed by atoms with Crippen LogP contribution in [0.15, 0.2) is 18.7 Å². The first-order valence-corrected chi connectivity index (χ1v) is 4.17. The van der Waals surface area contributed by atoms with Gasteiger partial charge in [-0.05, 0) is 0 Å². The lowest BCUT2D eigenvalue weighted by Gasteiger charge is -2.02. The largest absolute Gasteiger partial charge is 0.673 e. The molecule has 1 aromatic heterocycles. The number of nitrogens with zero attached hydrogens (tertiary/aromatic N) is 2. The van der Waals surface area contributed by atoms with E-state index in [1.807, 2.05) is 41.8 Å². The van der Waals surface area contributed by atoms with Gasteiger partial charge >= 0.3 is 7.25 Å². The summed E-state index contributed by atoms with van der Waals surface area (Å²) in [6.45, 7) is 2.00. The van der Waals surface area contributed by atoms with Gasteiger partial charge < -0.3 is 22.0 Å². The van der Waals surface area contributed by atoms with E-state index in [1.54, 1.807) is 7.11 Å². The van der Waals surface area contributed by atoms with Gasteiger partial charge in [0.05, 0.1) is 7.05 Å². The summed E-state index contributed by atoms with van der Waals surface area (Å²) in [5, 5.41) is 0. The molecule has 1 aromatic rings. The van der Waals surface area contributed by atoms with E-state index >= 15 is 0 Å². The van der Waals surface area contributed by atoms with Crippen LogP contribution in [0.1, 0.15) is 13.2 Å². The molecule has 0 saturated heterocycles. The molecular weight excluding hydrogens is 215 g/mol. The number of ether oxygens (including phenoxy) is 1. The maximum Gasteiger partial charge on any atom is 0.673 e. The first kappa shape index (κ1) is 14.0. The quantitative estimate of drug-likeness (QED) is 0.428. The maximum absolute atomic E-state index is 9.75. The van der Waals surface area contributed by atoms with Crippen molar-refractivity contribution in [1.29, 1.82) is 0 Å². The smallest absolute Gasteiger partial charge is 0.418 e. The van der Waals surface area contributed by atoms with E-state index in [2.05, 4.69) is 0 Å². The molecule has 0 amide bonds. The van der Waals surface area contributed by atoms with Crippen LogP contribution in [0.25, 0.3) is 0 Å². The van der Waals surface area contributed by atoms with Gasteiger partial charge in [-0.25, -0.2) is 9.13 Å². The molecule has 3 nitrogen and oxygen atoms in total. The first-order valence-electron chi connectivity index (χ1n) is 4.17. The number of hydrogen-bond donors (Lipinski definition) is 0. The van der Waals surface area contributed by atoms with Crippen molar-refractivity contribution < 1.29 is 26.6 Å². The minimum Gasteiger partial charge on any atom is -0.418 e. The van der Waals surface area contributed by atoms with E-state index in [1.165, 1.54) is 0 Å². The van der Waals surface area contributed by atoms with Gasteiger partial charge in [-0.3, -0.25) is 0 Å². The lowest BCUT2D eigenvalue weighted by Crippen LogP contribution is -2.24. The molecular formula is C7H13BF4N2O. The van der Waals surface area contributed by atoms with E-state index in [9.17, 15) is 17.3 Å². The van der Waals surface area contributed by atoms with Crippen molar-refractivity contribution in [2.24, 2.45) is 7.05 Å². The second-order valence-electron chi connectivity index (χ2n) is 2.86. The number of aromatic nitrogens is 2. The highest BCUT2D eigenvalue weighted by Crippen LogP contribution is 2.06. The first-order chi connectivity index (χ1) is 6.74. The fraction of sp³-hybridized carbons (Fsp3) is 0.571. The van der Waals surface area contributed by atoms with Crippen LogP contribution in [0.2, 0.25) is 0 Å². The molecule has 15 heavy (non-hydrogen) atoms. The molecule has 88 valence electrons. The monoisotopic (exact) mass is 228 g/mol. The fourth-order valence-electron chi connectivity index (χ4n) is 0.806. The molecule has 0 aliphatic heterocycles. The summed E-state index contributed by atoms with van der Waals surface area (Å²) < 4.78 is 48.1. The molecule has 0 aromatic carbocycles. The minimum atomic E-state index is -6.00. The number of hydrogen-bond acceptors (Lipinski definition) is 1. The molecule has 0 aliphatic carbocycles. The normalized spacial score (nSPS) is 13.0. The molecule has 0 spiro atoms. The predicted octanol–water partition coefficient (Wildman–Crippen LogP) is 1.78. The van der Waals surface area contributed by atoms with E-state index in [-0.39, 0.29) is 6.23 Å². The van der Waals surface area contributed by atoms with Crippen LogP contribution in [0.4, 0.5) is 17.3 Å². The standard InChI is InChI=1S/C7H13N2O.BF4/c1-7(10-3)9-5-4-8(2)6-9;2-1(3,4)5/h4-7H,1-3H3;/q+1;-1. The van der Waals surface area contributed by atoms with E-state index < -0.39 is 7.25 Å². The highest BCUT2D eigenvalue weighted by atomic mass is 19.5. The third-order valence-electron chi connectivity index (χ3n) is 1.55. The molecule has 0 saturated carbocycles. The third-order valence-corrected chi connectivity index (χ3v) is 1.55. The van der Waals surface area contributed by atoms with Crippen molar-refractivity contribution in [2.45, 2.75) is 13.2 Å². The summed E-state index contributed by atoms with van der Waals surface area (Å²) in [4.78, 5) is 0. The maximum atomic E-state index is 9.75. The van der Waals surface area contributed by atoms with Crippen LogP contribution in [-0.2, 0) is 11.8 Å². The number of imidazole rings is 1. The molecule has 0 fully saturated rings. The minimum absolute atomic E-state index is 0.126. The average Bonchev–Trinajstić information content (AvgIpc) is 2.47. The molecule has 0 bridgehead atoms. The molecule has 8 heteroatoms. The van der Waals surface area contributed by atoms with E-state index in [0.717, 1.165) is 0 Å². The topological polar surface area (TPSA) is 18.0 Å². The Labute approximate surface area is 85.4 Å². The Morgan fingerprint density at radius 1 is 1.33 bits per heavy atom. The zero-order valence-electron chi connectivity index (χ0n) is 8.70. The molecule has 0 N–H and O–H groups in total. The lowest BCUT2D eigenvalue weighted by molar-refractivity contribution is -0.671. The average molecular weight is 228 g/mol. The Morgan fingerprint density at radius 2 is 1.80 bits per heavy atom. The Bertz CT molecular complexity index is 283. The molecule has 0 aliphatic rings. The lowest BCUT2D eigenvalue weighted by atomic mass is 10.3. The highest BCUT2D eigenvalue weighted by molar-refractivity contribution is 6.50. The van der Waals surface area contributed by atoms with Crippen LogP contribution in [-0.4, -0.2) is 18.9 Å². The Hall–Kier alpha value is -1.05. The summed E-state index contributed by atoms with van der Waals surface area (Å²) in [5.74, 6) is 0. The van der Waals surface area contributed by atoms with Crippen molar-refractivity contribution >= 4 is 7.25 Å². The van der Waals surface area contributed by atoms with Crippen molar-refractivity contribution in [2.75, 3.05) is 7.11 Å². The fourth-order valence-corrected chi connectivity index (χ4v) is 0.806. The van der Waals surface area contributed by atoms with Crippen LogP contribution in [0.5, 0.6) is 0 Å². The summed E-state index contributed by atoms with van der Waals surface area (Å²) in [5.41, 5.74) is 0. The van der Waals surface area contributed by atoms with E-state index in [4.69, 9.17) is 4.74 Å². The zero-order chi connectivity index (χ0) is 12.1. The van der Waals surface area contributed by atoms with Crippen LogP contribution < -0.4 is 4.57 Å². The SMILES string of the molecule is COC(C)n1cc[n+](C)c1.F[B-](F)(F)F. The second-order valence-corrected chi connectivity index (χ2v) is 2.86. The van der Waals surface area contributed by atoms with Gasteiger partial charge in [0.25, 0.3) is 0 Å². The van der Waals surface area contributed by atoms with Crippen molar-refractivity contribution in [3.05, 3.63) is 18.7 Å². The van der Waals surface area contributed by atoms with Gasteiger partial charge in [-0.2, -0.15) is 0 Å². The van der Waals surface area contributed by atoms with Crippen molar-refractivity contribution in [3.8, 4) is 0 Å². The Morgan fingerprint density at radius 3 is 2.07 bits per heavy atom. The Kier molecular flexibility index (Phi) is 5.34. The number of methoxy groups -OCH3 is 1. The Balaban J connectivity index is 0.000000336. The van der Waals surface area contributed by atoms with Gasteiger partial charge in [0.2, 0.25) is 6.33 Å². The van der Waals surface area contributed by atoms with Gasteiger partial charge in [-0.15, -0.1) is 0 Å². The molecule has 1 rings (SSSR count). The number of aryl methyl sites for hydroxylation is 1. The number of halogens is 4. The summed E-state index contributed by atoms with van der Waals surface area (Å²) in [7, 11) is -2.32. The van der Waals surface area contributed by atoms with Crippen LogP contribution in [0, 0.1) is 0 Å². The second kappa shape index (κ2) is 5.74. The van der Waals surface area contributed by atoms with Gasteiger partial charge in [-0.1, -0.05) is 0 Å². The van der Waals surface area contributed by atoms with Crippen molar-refractivity contribution in [3.63, 3.8) is 0 Å². The third kappa shape index (κ3) is 7.98. The van der Waals surface area contributed by atoms with Crippen LogP contribution in [0.3, 0.4) is 0 Å². The molecule has 1 atom stereocenters. The summed E-state index contributed by atoms with van der Waals surface area (Å²) in [6.07, 6.45) is 6.07. The summed E-state index contributed by atoms with van der Waals surface area (Å²) >= 11 is 0. The van der Waals surface area contributed by atoms with Gasteiger partial charge in [0.15, 0.2) is 6.23 Å². The number of rotatable bonds is 2. The van der Waals surface area contributed by atoms with Crippen molar-refractivity contribution in [1.82, 2.24) is 4.57 Å². The highest BCUT2D eigenvalue weighted by Gasteiger charge is 2.20. The van der Waals surface area contributed by atoms with Gasteiger partial charge in [0, 0.05) is 14.0 Å². The van der Waals surface area contributed by atoms with Crippen LogP contribution >= 0.6 is 0 Å². The van der Waals surface area contributed by atoms with Gasteiger partial charge in [0.1, 0.15) is 12.4 Å². The van der Waals surface area contributed by atoms with E-state index in [0.29, 0.717) is 0 Å². The molecule has 1 unspecified atom stereocenters.